The van der Waals surface area contributed by atoms with Crippen LogP contribution in [0.15, 0.2) is 29.4 Å². The number of rotatable bonds is 4. The van der Waals surface area contributed by atoms with E-state index in [0.29, 0.717) is 5.56 Å². The summed E-state index contributed by atoms with van der Waals surface area (Å²) in [6, 6.07) is 6.04. The van der Waals surface area contributed by atoms with Crippen LogP contribution in [0.5, 0.6) is 5.75 Å². The van der Waals surface area contributed by atoms with Gasteiger partial charge in [0.05, 0.1) is 0 Å². The van der Waals surface area contributed by atoms with Crippen molar-refractivity contribution in [3.63, 3.8) is 0 Å². The largest absolute Gasteiger partial charge is 0.508 e. The Balaban J connectivity index is 2.79. The van der Waals surface area contributed by atoms with Crippen molar-refractivity contribution in [3.05, 3.63) is 29.8 Å². The molecule has 6 nitrogen and oxygen atoms in total. The van der Waals surface area contributed by atoms with Gasteiger partial charge in [0.15, 0.2) is 5.71 Å². The second-order valence-electron chi connectivity index (χ2n) is 2.81. The van der Waals surface area contributed by atoms with E-state index in [-0.39, 0.29) is 17.9 Å². The summed E-state index contributed by atoms with van der Waals surface area (Å²) in [6.07, 6.45) is 0.0587. The van der Waals surface area contributed by atoms with Crippen molar-refractivity contribution in [1.82, 2.24) is 5.59 Å². The second-order valence-corrected chi connectivity index (χ2v) is 2.81. The van der Waals surface area contributed by atoms with Gasteiger partial charge in [0, 0.05) is 6.42 Å². The van der Waals surface area contributed by atoms with Crippen molar-refractivity contribution in [3.8, 4) is 5.75 Å². The molecule has 0 aliphatic heterocycles. The molecular formula is C9H10N2O4. The highest BCUT2D eigenvalue weighted by Gasteiger charge is 2.10. The van der Waals surface area contributed by atoms with Crippen molar-refractivity contribution < 1.29 is 20.2 Å². The van der Waals surface area contributed by atoms with Gasteiger partial charge in [-0.25, -0.2) is 4.79 Å². The number of aliphatic carboxylic acids is 1. The Morgan fingerprint density at radius 1 is 1.33 bits per heavy atom. The number of aromatic hydroxyl groups is 1. The fraction of sp³-hybridized carbons (Fsp3) is 0.111. The first-order valence-corrected chi connectivity index (χ1v) is 4.10. The third-order valence-electron chi connectivity index (χ3n) is 1.74. The first-order chi connectivity index (χ1) is 7.13. The number of hydrazone groups is 1. The van der Waals surface area contributed by atoms with Crippen LogP contribution in [0.25, 0.3) is 0 Å². The third kappa shape index (κ3) is 3.28. The molecule has 0 fully saturated rings. The van der Waals surface area contributed by atoms with E-state index in [1.54, 1.807) is 12.1 Å². The number of carboxylic acids is 1. The molecule has 0 bridgehead atoms. The molecule has 4 N–H and O–H groups in total. The fourth-order valence-corrected chi connectivity index (χ4v) is 1.03. The van der Waals surface area contributed by atoms with Crippen LogP contribution < -0.4 is 5.59 Å². The smallest absolute Gasteiger partial charge is 0.352 e. The normalized spacial score (nSPS) is 11.1. The first kappa shape index (κ1) is 11.0. The lowest BCUT2D eigenvalue weighted by atomic mass is 10.1. The number of hydrogen-bond acceptors (Lipinski definition) is 5. The minimum atomic E-state index is -1.22. The van der Waals surface area contributed by atoms with E-state index >= 15 is 0 Å². The molecule has 1 aromatic carbocycles. The molecule has 0 spiro atoms. The van der Waals surface area contributed by atoms with Crippen LogP contribution >= 0.6 is 0 Å². The number of hydrogen-bond donors (Lipinski definition) is 4. The molecule has 0 amide bonds. The lowest BCUT2D eigenvalue weighted by molar-refractivity contribution is -0.129. The number of phenolic OH excluding ortho intramolecular Hbond substituents is 1. The van der Waals surface area contributed by atoms with Gasteiger partial charge in [0.2, 0.25) is 0 Å². The maximum Gasteiger partial charge on any atom is 0.352 e. The molecule has 6 heteroatoms. The zero-order valence-electron chi connectivity index (χ0n) is 7.71. The molecule has 0 saturated carbocycles. The van der Waals surface area contributed by atoms with E-state index in [9.17, 15) is 4.79 Å². The summed E-state index contributed by atoms with van der Waals surface area (Å²) < 4.78 is 0. The minimum absolute atomic E-state index is 0.0587. The zero-order valence-corrected chi connectivity index (χ0v) is 7.71. The SMILES string of the molecule is O=C(O)C(Cc1ccc(O)cc1)=NNO. The summed E-state index contributed by atoms with van der Waals surface area (Å²) in [5, 5.41) is 29.2. The van der Waals surface area contributed by atoms with E-state index in [4.69, 9.17) is 15.4 Å². The quantitative estimate of drug-likeness (QED) is 0.424. The van der Waals surface area contributed by atoms with Crippen molar-refractivity contribution in [1.29, 1.82) is 0 Å². The van der Waals surface area contributed by atoms with E-state index < -0.39 is 5.97 Å². The number of nitrogens with zero attached hydrogens (tertiary/aromatic N) is 1. The molecule has 0 unspecified atom stereocenters. The van der Waals surface area contributed by atoms with Crippen LogP contribution in [0.3, 0.4) is 0 Å². The van der Waals surface area contributed by atoms with Gasteiger partial charge in [0.1, 0.15) is 5.75 Å². The monoisotopic (exact) mass is 210 g/mol. The van der Waals surface area contributed by atoms with Crippen molar-refractivity contribution in [2.75, 3.05) is 0 Å². The summed E-state index contributed by atoms with van der Waals surface area (Å²) >= 11 is 0. The minimum Gasteiger partial charge on any atom is -0.508 e. The Hall–Kier alpha value is -2.08. The number of nitrogens with one attached hydrogen (secondary N) is 1. The summed E-state index contributed by atoms with van der Waals surface area (Å²) in [7, 11) is 0. The van der Waals surface area contributed by atoms with Crippen LogP contribution in [0.2, 0.25) is 0 Å². The van der Waals surface area contributed by atoms with Crippen LogP contribution in [0.4, 0.5) is 0 Å². The predicted octanol–water partition coefficient (Wildman–Crippen LogP) is 0.354. The van der Waals surface area contributed by atoms with Gasteiger partial charge in [-0.1, -0.05) is 12.1 Å². The number of carboxylic acid groups (broad SMARTS) is 1. The first-order valence-electron chi connectivity index (χ1n) is 4.10. The van der Waals surface area contributed by atoms with Gasteiger partial charge in [-0.05, 0) is 17.7 Å². The zero-order chi connectivity index (χ0) is 11.3. The van der Waals surface area contributed by atoms with Crippen LogP contribution in [-0.4, -0.2) is 27.1 Å². The molecule has 0 saturated heterocycles. The van der Waals surface area contributed by atoms with Crippen molar-refractivity contribution >= 4 is 11.7 Å². The molecule has 0 aromatic heterocycles. The van der Waals surface area contributed by atoms with E-state index in [1.165, 1.54) is 17.7 Å². The molecule has 0 radical (unpaired) electrons. The van der Waals surface area contributed by atoms with Crippen LogP contribution in [0, 0.1) is 0 Å². The number of phenols is 1. The van der Waals surface area contributed by atoms with Gasteiger partial charge in [0.25, 0.3) is 0 Å². The molecular weight excluding hydrogens is 200 g/mol. The molecule has 1 rings (SSSR count). The predicted molar refractivity (Wildman–Crippen MR) is 51.8 cm³/mol. The average molecular weight is 210 g/mol. The topological polar surface area (TPSA) is 102 Å². The molecule has 0 aliphatic rings. The number of carbonyl (C=O) groups is 1. The summed E-state index contributed by atoms with van der Waals surface area (Å²) in [5.41, 5.74) is 1.89. The molecule has 1 aromatic rings. The van der Waals surface area contributed by atoms with E-state index in [2.05, 4.69) is 5.10 Å². The highest BCUT2D eigenvalue weighted by molar-refractivity contribution is 6.36. The maximum atomic E-state index is 10.6. The van der Waals surface area contributed by atoms with E-state index in [1.807, 2.05) is 0 Å². The number of benzene rings is 1. The van der Waals surface area contributed by atoms with Gasteiger partial charge in [-0.15, -0.1) is 0 Å². The Bertz CT molecular complexity index is 372. The molecule has 15 heavy (non-hydrogen) atoms. The summed E-state index contributed by atoms with van der Waals surface area (Å²) in [4.78, 5) is 10.6. The molecule has 80 valence electrons. The summed E-state index contributed by atoms with van der Waals surface area (Å²) in [6.45, 7) is 0. The average Bonchev–Trinajstić information content (AvgIpc) is 2.20. The van der Waals surface area contributed by atoms with Crippen LogP contribution in [0.1, 0.15) is 5.56 Å². The second kappa shape index (κ2) is 4.97. The van der Waals surface area contributed by atoms with Crippen molar-refractivity contribution in [2.24, 2.45) is 5.10 Å². The maximum absolute atomic E-state index is 10.6. The Morgan fingerprint density at radius 2 is 1.93 bits per heavy atom. The molecule has 0 atom stereocenters. The van der Waals surface area contributed by atoms with Crippen LogP contribution in [-0.2, 0) is 11.2 Å². The van der Waals surface area contributed by atoms with Crippen molar-refractivity contribution in [2.45, 2.75) is 6.42 Å². The highest BCUT2D eigenvalue weighted by Crippen LogP contribution is 2.10. The van der Waals surface area contributed by atoms with E-state index in [0.717, 1.165) is 0 Å². The lowest BCUT2D eigenvalue weighted by Crippen LogP contribution is -2.19. The Kier molecular flexibility index (Phi) is 3.64. The van der Waals surface area contributed by atoms with Gasteiger partial charge < -0.3 is 10.2 Å². The Morgan fingerprint density at radius 3 is 2.40 bits per heavy atom. The summed E-state index contributed by atoms with van der Waals surface area (Å²) in [5.74, 6) is -1.11. The molecule has 0 heterocycles. The Labute approximate surface area is 85.4 Å². The lowest BCUT2D eigenvalue weighted by Gasteiger charge is -2.01. The molecule has 0 aliphatic carbocycles. The fourth-order valence-electron chi connectivity index (χ4n) is 1.03. The highest BCUT2D eigenvalue weighted by atomic mass is 16.5. The van der Waals surface area contributed by atoms with Gasteiger partial charge in [-0.3, -0.25) is 5.21 Å². The standard InChI is InChI=1S/C9H10N2O4/c12-7-3-1-6(2-4-7)5-8(9(13)14)10-11-15/h1-4,11-12,15H,5H2,(H,13,14). The van der Waals surface area contributed by atoms with Gasteiger partial charge in [-0.2, -0.15) is 10.7 Å². The third-order valence-corrected chi connectivity index (χ3v) is 1.74. The van der Waals surface area contributed by atoms with Gasteiger partial charge >= 0.3 is 5.97 Å².